The third-order valence-electron chi connectivity index (χ3n) is 19.8. The topological polar surface area (TPSA) is 28.3 Å². The number of nitrogens with zero attached hydrogens (tertiary/aromatic N) is 2. The van der Waals surface area contributed by atoms with Crippen LogP contribution in [-0.2, 0) is 9.31 Å². The molecule has 454 valence electrons. The van der Waals surface area contributed by atoms with Gasteiger partial charge in [-0.1, -0.05) is 243 Å². The van der Waals surface area contributed by atoms with Crippen LogP contribution in [0.2, 0.25) is 0 Å². The number of benzene rings is 10. The molecule has 3 aliphatic rings. The minimum atomic E-state index is -2.51. The van der Waals surface area contributed by atoms with Crippen molar-refractivity contribution in [2.24, 2.45) is 0 Å². The lowest BCUT2D eigenvalue weighted by Gasteiger charge is -2.32. The van der Waals surface area contributed by atoms with Gasteiger partial charge in [0.2, 0.25) is 0 Å². The zero-order valence-corrected chi connectivity index (χ0v) is 59.0. The van der Waals surface area contributed by atoms with E-state index in [2.05, 4.69) is 355 Å². The fraction of sp³-hybridized carbons (Fsp3) is 0.0732. The minimum Gasteiger partial charge on any atom is -0.399 e. The lowest BCUT2D eigenvalue weighted by atomic mass is 9.78. The summed E-state index contributed by atoms with van der Waals surface area (Å²) in [5.41, 5.74) is 14.7. The summed E-state index contributed by atoms with van der Waals surface area (Å²) in [6, 6.07) is 107. The van der Waals surface area contributed by atoms with Crippen LogP contribution in [0.5, 0.6) is 0 Å². The summed E-state index contributed by atoms with van der Waals surface area (Å²) in [5, 5.41) is 15.9. The molecule has 0 N–H and O–H groups in total. The van der Waals surface area contributed by atoms with Gasteiger partial charge in [-0.05, 0) is 178 Å². The molecule has 0 unspecified atom stereocenters. The van der Waals surface area contributed by atoms with Gasteiger partial charge in [0, 0.05) is 16.3 Å². The van der Waals surface area contributed by atoms with Crippen molar-refractivity contribution in [1.82, 2.24) is 9.13 Å². The molecular formula is C82H62BBrN2O2S4Si2. The van der Waals surface area contributed by atoms with E-state index in [1.807, 2.05) is 45.3 Å². The van der Waals surface area contributed by atoms with Crippen molar-refractivity contribution >= 4 is 172 Å². The summed E-state index contributed by atoms with van der Waals surface area (Å²) in [5.74, 6) is 0. The second-order valence-electron chi connectivity index (χ2n) is 25.4. The van der Waals surface area contributed by atoms with Crippen molar-refractivity contribution in [2.75, 3.05) is 0 Å². The predicted molar refractivity (Wildman–Crippen MR) is 414 cm³/mol. The van der Waals surface area contributed by atoms with Gasteiger partial charge >= 0.3 is 7.12 Å². The first-order valence-electron chi connectivity index (χ1n) is 31.9. The van der Waals surface area contributed by atoms with E-state index in [9.17, 15) is 0 Å². The first-order chi connectivity index (χ1) is 46.0. The second-order valence-corrected chi connectivity index (χ2v) is 38.2. The number of halogens is 1. The molecule has 19 rings (SSSR count). The molecule has 0 saturated carbocycles. The Morgan fingerprint density at radius 1 is 0.351 bits per heavy atom. The molecule has 10 aromatic carbocycles. The highest BCUT2D eigenvalue weighted by Gasteiger charge is 2.54. The van der Waals surface area contributed by atoms with Crippen LogP contribution in [0.25, 0.3) is 84.9 Å². The molecule has 1 fully saturated rings. The third-order valence-corrected chi connectivity index (χ3v) is 34.5. The predicted octanol–water partition coefficient (Wildman–Crippen LogP) is 16.9. The Kier molecular flexibility index (Phi) is 14.8. The second kappa shape index (κ2) is 23.5. The molecule has 0 bridgehead atoms. The average molecular weight is 1380 g/mol. The smallest absolute Gasteiger partial charge is 0.399 e. The number of hydrogen-bond acceptors (Lipinski definition) is 6. The highest BCUT2D eigenvalue weighted by molar-refractivity contribution is 9.11. The fourth-order valence-electron chi connectivity index (χ4n) is 15.0. The molecular weight excluding hydrogens is 1320 g/mol. The van der Waals surface area contributed by atoms with Crippen LogP contribution >= 0.6 is 61.3 Å². The molecule has 0 radical (unpaired) electrons. The summed E-state index contributed by atoms with van der Waals surface area (Å²) >= 11 is 11.0. The van der Waals surface area contributed by atoms with Crippen molar-refractivity contribution in [1.29, 1.82) is 0 Å². The quantitative estimate of drug-likeness (QED) is 0.142. The Hall–Kier alpha value is -8.50. The van der Waals surface area contributed by atoms with Gasteiger partial charge in [-0.25, -0.2) is 0 Å². The highest BCUT2D eigenvalue weighted by atomic mass is 79.9. The van der Waals surface area contributed by atoms with Crippen molar-refractivity contribution in [2.45, 2.75) is 38.9 Å². The number of thiophene rings is 4. The molecule has 94 heavy (non-hydrogen) atoms. The van der Waals surface area contributed by atoms with Crippen LogP contribution < -0.4 is 47.0 Å². The van der Waals surface area contributed by atoms with Gasteiger partial charge in [0.25, 0.3) is 0 Å². The number of para-hydroxylation sites is 2. The summed E-state index contributed by atoms with van der Waals surface area (Å²) in [6.45, 7) is 8.46. The SMILES string of the molecule is Brc1cc2c(s1)c1sccc1n2-c1ccccc1.CC1(C)OB(c2ccc3c(c2)[Si](c2ccccc2)(c2ccccc2)c2ccccc2-3)OC1(C)C.c1ccc(-n2c3ccsc3c3sc(-c4ccc5c(c4)[Si](c4ccccc4)(c4ccccc4)c4ccccc4-5)cc32)cc1. The van der Waals surface area contributed by atoms with Crippen LogP contribution in [0.3, 0.4) is 0 Å². The number of hydrogen-bond donors (Lipinski definition) is 0. The summed E-state index contributed by atoms with van der Waals surface area (Å²) in [4.78, 5) is 1.32. The first kappa shape index (κ1) is 59.3. The van der Waals surface area contributed by atoms with Crippen molar-refractivity contribution < 1.29 is 9.31 Å². The molecule has 0 aliphatic carbocycles. The van der Waals surface area contributed by atoms with E-state index in [1.165, 1.54) is 130 Å². The van der Waals surface area contributed by atoms with Gasteiger partial charge in [0.05, 0.1) is 55.9 Å². The lowest BCUT2D eigenvalue weighted by molar-refractivity contribution is 0.00578. The average Bonchev–Trinajstić information content (AvgIpc) is 1.53. The van der Waals surface area contributed by atoms with Gasteiger partial charge in [-0.3, -0.25) is 0 Å². The molecule has 0 amide bonds. The van der Waals surface area contributed by atoms with E-state index >= 15 is 0 Å². The summed E-state index contributed by atoms with van der Waals surface area (Å²) in [7, 11) is -5.38. The fourth-order valence-corrected chi connectivity index (χ4v) is 30.2. The van der Waals surface area contributed by atoms with Crippen LogP contribution in [-0.4, -0.2) is 43.6 Å². The van der Waals surface area contributed by atoms with E-state index in [0.717, 1.165) is 5.46 Å². The standard InChI is InChI=1S/C38H25NS2Si.C30H29BO2Si.C14H8BrNS2/c1-4-12-27(13-5-1)39-32-22-23-40-37(32)38-33(39)25-34(41-38)26-20-21-31-30-18-10-11-19-35(30)42(36(31)24-26,28-14-6-2-7-15-28)29-16-8-3-9-17-29;1-29(2)30(3,4)33-31(32-29)22-19-20-26-25-17-11-12-18-27(25)34(28(26)21-22,23-13-7-5-8-14-23)24-15-9-6-10-16-24;15-12-8-11-14(18-12)13-10(6-7-17-13)16(11)9-4-2-1-3-5-9/h1-25H;5-21H,1-4H3;1-8H. The summed E-state index contributed by atoms with van der Waals surface area (Å²) < 4.78 is 24.4. The van der Waals surface area contributed by atoms with E-state index in [4.69, 9.17) is 9.31 Å². The van der Waals surface area contributed by atoms with E-state index in [0.29, 0.717) is 0 Å². The Morgan fingerprint density at radius 3 is 1.20 bits per heavy atom. The highest BCUT2D eigenvalue weighted by Crippen LogP contribution is 2.45. The van der Waals surface area contributed by atoms with Gasteiger partial charge in [0.15, 0.2) is 16.1 Å². The van der Waals surface area contributed by atoms with Crippen molar-refractivity contribution in [3.05, 3.63) is 306 Å². The minimum absolute atomic E-state index is 0.368. The Labute approximate surface area is 574 Å². The molecule has 12 heteroatoms. The normalized spacial score (nSPS) is 15.1. The molecule has 0 atom stereocenters. The largest absolute Gasteiger partial charge is 0.494 e. The number of fused-ring (bicyclic) bond motifs is 12. The maximum absolute atomic E-state index is 6.46. The van der Waals surface area contributed by atoms with Crippen LogP contribution in [0.4, 0.5) is 0 Å². The molecule has 4 nitrogen and oxygen atoms in total. The maximum atomic E-state index is 6.46. The monoisotopic (exact) mass is 1380 g/mol. The van der Waals surface area contributed by atoms with Gasteiger partial charge in [-0.15, -0.1) is 45.3 Å². The van der Waals surface area contributed by atoms with Crippen molar-refractivity contribution in [3.8, 4) is 44.1 Å². The molecule has 16 aromatic rings. The zero-order valence-electron chi connectivity index (χ0n) is 52.2. The molecule has 9 heterocycles. The van der Waals surface area contributed by atoms with Crippen LogP contribution in [0.15, 0.2) is 306 Å². The Morgan fingerprint density at radius 2 is 0.734 bits per heavy atom. The maximum Gasteiger partial charge on any atom is 0.494 e. The van der Waals surface area contributed by atoms with E-state index in [-0.39, 0.29) is 18.3 Å². The van der Waals surface area contributed by atoms with E-state index < -0.39 is 16.1 Å². The van der Waals surface area contributed by atoms with Crippen LogP contribution in [0, 0.1) is 0 Å². The Balaban J connectivity index is 0.000000115. The number of aromatic nitrogens is 2. The van der Waals surface area contributed by atoms with Gasteiger partial charge < -0.3 is 18.4 Å². The first-order valence-corrected chi connectivity index (χ1v) is 40.1. The summed E-state index contributed by atoms with van der Waals surface area (Å²) in [6.07, 6.45) is 0. The van der Waals surface area contributed by atoms with Gasteiger partial charge in [-0.2, -0.15) is 0 Å². The molecule has 1 saturated heterocycles. The third kappa shape index (κ3) is 9.35. The van der Waals surface area contributed by atoms with Crippen molar-refractivity contribution in [3.63, 3.8) is 0 Å². The molecule has 6 aromatic heterocycles. The van der Waals surface area contributed by atoms with Gasteiger partial charge in [0.1, 0.15) is 0 Å². The zero-order chi connectivity index (χ0) is 63.3. The van der Waals surface area contributed by atoms with E-state index in [1.54, 1.807) is 0 Å². The van der Waals surface area contributed by atoms with Crippen LogP contribution in [0.1, 0.15) is 27.7 Å². The number of rotatable bonds is 8. The molecule has 0 spiro atoms. The molecule has 3 aliphatic heterocycles. The Bertz CT molecular complexity index is 5390. The lowest BCUT2D eigenvalue weighted by Crippen LogP contribution is -2.73.